The van der Waals surface area contributed by atoms with Crippen LogP contribution in [0.5, 0.6) is 0 Å². The average molecular weight is 310 g/mol. The number of ether oxygens (including phenoxy) is 1. The lowest BCUT2D eigenvalue weighted by Gasteiger charge is -2.42. The highest BCUT2D eigenvalue weighted by Gasteiger charge is 2.68. The summed E-state index contributed by atoms with van der Waals surface area (Å²) in [6.07, 6.45) is -2.47. The number of nitrogens with one attached hydrogen (secondary N) is 1. The molecule has 0 aliphatic carbocycles. The third-order valence-electron chi connectivity index (χ3n) is 4.17. The van der Waals surface area contributed by atoms with Gasteiger partial charge in [-0.15, -0.1) is 0 Å². The Bertz CT molecular complexity index is 568. The Labute approximate surface area is 130 Å². The van der Waals surface area contributed by atoms with Crippen LogP contribution in [0, 0.1) is 0 Å². The maximum Gasteiger partial charge on any atom is 0.327 e. The van der Waals surface area contributed by atoms with Crippen molar-refractivity contribution in [3.05, 3.63) is 24.0 Å². The number of halogens is 1. The van der Waals surface area contributed by atoms with Crippen LogP contribution in [0.1, 0.15) is 6.92 Å². The number of carbonyl (C=O) groups excluding carboxylic acids is 1. The molecule has 1 fully saturated rings. The Morgan fingerprint density at radius 1 is 1.50 bits per heavy atom. The first-order chi connectivity index (χ1) is 9.84. The molecule has 11 heteroatoms. The molecule has 7 nitrogen and oxygen atoms in total. The molecule has 22 heavy (non-hydrogen) atoms. The first kappa shape index (κ1) is 17.1. The maximum absolute atomic E-state index is 14.9. The lowest BCUT2D eigenvalue weighted by Crippen LogP contribution is -2.61. The summed E-state index contributed by atoms with van der Waals surface area (Å²) in [5.41, 5.74) is -0.960. The quantitative estimate of drug-likeness (QED) is 0.390. The van der Waals surface area contributed by atoms with Crippen molar-refractivity contribution in [2.75, 3.05) is 0 Å². The third-order valence-corrected chi connectivity index (χ3v) is 4.17. The van der Waals surface area contributed by atoms with E-state index in [9.17, 15) is 24.5 Å². The van der Waals surface area contributed by atoms with Gasteiger partial charge in [0.1, 0.15) is 33.5 Å². The molecule has 118 valence electrons. The fourth-order valence-electron chi connectivity index (χ4n) is 2.54. The largest absolute Gasteiger partial charge is 0.402 e. The summed E-state index contributed by atoms with van der Waals surface area (Å²) in [5.74, 6) is -2.95. The van der Waals surface area contributed by atoms with Gasteiger partial charge in [-0.3, -0.25) is 4.90 Å². The molecule has 0 radical (unpaired) electrons. The Kier molecular flexibility index (Phi) is 3.77. The molecule has 0 bridgehead atoms. The summed E-state index contributed by atoms with van der Waals surface area (Å²) in [4.78, 5) is 13.0. The first-order valence-electron chi connectivity index (χ1n) is 6.80. The van der Waals surface area contributed by atoms with Gasteiger partial charge in [-0.25, -0.2) is 9.18 Å². The van der Waals surface area contributed by atoms with Crippen LogP contribution in [0.3, 0.4) is 0 Å². The second-order valence-corrected chi connectivity index (χ2v) is 6.34. The Balaban J connectivity index is 2.47. The zero-order chi connectivity index (χ0) is 17.1. The first-order valence-corrected chi connectivity index (χ1v) is 6.80. The molecule has 0 saturated carbocycles. The van der Waals surface area contributed by atoms with Gasteiger partial charge >= 0.3 is 6.03 Å². The van der Waals surface area contributed by atoms with Gasteiger partial charge in [0.25, 0.3) is 5.85 Å². The lowest BCUT2D eigenvalue weighted by atomic mass is 9.59. The summed E-state index contributed by atoms with van der Waals surface area (Å²) < 4.78 is 20.1. The number of nitrogens with zero attached hydrogens (tertiary/aromatic N) is 1. The molecule has 0 aromatic carbocycles. The minimum atomic E-state index is -2.95. The van der Waals surface area contributed by atoms with E-state index >= 15 is 0 Å². The van der Waals surface area contributed by atoms with Crippen LogP contribution >= 0.6 is 0 Å². The van der Waals surface area contributed by atoms with E-state index in [0.29, 0.717) is 11.3 Å². The Hall–Kier alpha value is -1.29. The van der Waals surface area contributed by atoms with E-state index in [0.717, 1.165) is 20.6 Å². The molecule has 4 atom stereocenters. The molecular formula is C11H18B3FN2O5. The van der Waals surface area contributed by atoms with E-state index < -0.39 is 35.1 Å². The number of hydrogen-bond acceptors (Lipinski definition) is 5. The molecule has 2 amide bonds. The molecule has 0 aromatic rings. The van der Waals surface area contributed by atoms with Crippen LogP contribution in [-0.2, 0) is 4.74 Å². The second-order valence-electron chi connectivity index (χ2n) is 6.34. The van der Waals surface area contributed by atoms with Gasteiger partial charge in [0.15, 0.2) is 7.85 Å². The summed E-state index contributed by atoms with van der Waals surface area (Å²) >= 11 is 0. The van der Waals surface area contributed by atoms with Gasteiger partial charge < -0.3 is 25.4 Å². The van der Waals surface area contributed by atoms with Crippen molar-refractivity contribution < 1.29 is 29.2 Å². The molecule has 0 aromatic heterocycles. The molecule has 4 N–H and O–H groups in total. The minimum Gasteiger partial charge on any atom is -0.402 e. The summed E-state index contributed by atoms with van der Waals surface area (Å²) in [6.45, 7) is 5.30. The second kappa shape index (κ2) is 4.85. The highest BCUT2D eigenvalue weighted by Crippen LogP contribution is 2.44. The van der Waals surface area contributed by atoms with E-state index in [1.807, 2.05) is 0 Å². The summed E-state index contributed by atoms with van der Waals surface area (Å²) in [5, 5.41) is 30.5. The number of aliphatic hydroxyl groups excluding tert-OH is 2. The van der Waals surface area contributed by atoms with E-state index in [4.69, 9.17) is 4.74 Å². The standard InChI is InChI=1S/C11H18B3FN2O5/c1-4-3-17(8(20)16-5(4)2)10(12)7(19)6(18)9(15,22-10)11(13,14)21/h3,6-7,18-19,21H,2,12-14H2,1H3,(H,16,20)/t6-,7+,9-,10-/m0/s1. The van der Waals surface area contributed by atoms with Crippen LogP contribution < -0.4 is 5.32 Å². The van der Waals surface area contributed by atoms with E-state index in [-0.39, 0.29) is 0 Å². The Morgan fingerprint density at radius 2 is 2.05 bits per heavy atom. The fourth-order valence-corrected chi connectivity index (χ4v) is 2.54. The fraction of sp³-hybridized carbons (Fsp3) is 0.545. The molecule has 0 spiro atoms. The number of urea groups is 1. The van der Waals surface area contributed by atoms with Crippen LogP contribution in [0.25, 0.3) is 0 Å². The molecule has 2 rings (SSSR count). The predicted octanol–water partition coefficient (Wildman–Crippen LogP) is -3.95. The van der Waals surface area contributed by atoms with Crippen molar-refractivity contribution in [3.63, 3.8) is 0 Å². The summed E-state index contributed by atoms with van der Waals surface area (Å²) in [7, 11) is 3.47. The van der Waals surface area contributed by atoms with Crippen molar-refractivity contribution in [2.24, 2.45) is 0 Å². The van der Waals surface area contributed by atoms with E-state index in [2.05, 4.69) is 11.9 Å². The number of aliphatic hydroxyl groups is 3. The number of allylic oxidation sites excluding steroid dienone is 1. The normalized spacial score (nSPS) is 39.7. The minimum absolute atomic E-state index is 0.367. The lowest BCUT2D eigenvalue weighted by molar-refractivity contribution is -0.242. The molecule has 2 aliphatic rings. The highest BCUT2D eigenvalue weighted by atomic mass is 19.2. The number of alkyl halides is 1. The average Bonchev–Trinajstić information content (AvgIpc) is 2.56. The smallest absolute Gasteiger partial charge is 0.327 e. The van der Waals surface area contributed by atoms with Crippen molar-refractivity contribution in [1.82, 2.24) is 10.2 Å². The van der Waals surface area contributed by atoms with Gasteiger partial charge in [0.2, 0.25) is 0 Å². The number of rotatable bonds is 2. The van der Waals surface area contributed by atoms with Crippen LogP contribution in [0.15, 0.2) is 24.0 Å². The van der Waals surface area contributed by atoms with Crippen LogP contribution in [-0.4, -0.2) is 78.9 Å². The molecule has 2 aliphatic heterocycles. The zero-order valence-corrected chi connectivity index (χ0v) is 12.9. The SMILES string of the molecule is BC(B)(O)[C@@]1(F)O[C@@](B)(N2C=C(C)C(=C)NC2=O)[C@H](O)[C@@H]1O. The van der Waals surface area contributed by atoms with Crippen LogP contribution in [0.4, 0.5) is 9.18 Å². The maximum atomic E-state index is 14.9. The molecule has 0 unspecified atom stereocenters. The molecular weight excluding hydrogens is 292 g/mol. The van der Waals surface area contributed by atoms with Crippen molar-refractivity contribution in [2.45, 2.75) is 36.0 Å². The number of amides is 2. The summed E-state index contributed by atoms with van der Waals surface area (Å²) in [6, 6.07) is -0.690. The van der Waals surface area contributed by atoms with E-state index in [1.54, 1.807) is 6.92 Å². The zero-order valence-electron chi connectivity index (χ0n) is 12.9. The Morgan fingerprint density at radius 3 is 2.50 bits per heavy atom. The topological polar surface area (TPSA) is 102 Å². The van der Waals surface area contributed by atoms with Gasteiger partial charge in [-0.05, 0) is 12.5 Å². The number of carbonyl (C=O) groups is 1. The van der Waals surface area contributed by atoms with Crippen LogP contribution in [0.2, 0.25) is 0 Å². The number of hydrogen-bond donors (Lipinski definition) is 4. The predicted molar refractivity (Wildman–Crippen MR) is 83.5 cm³/mol. The third kappa shape index (κ3) is 2.20. The molecule has 1 saturated heterocycles. The monoisotopic (exact) mass is 310 g/mol. The van der Waals surface area contributed by atoms with Gasteiger partial charge in [-0.2, -0.15) is 0 Å². The highest BCUT2D eigenvalue weighted by molar-refractivity contribution is 6.39. The van der Waals surface area contributed by atoms with E-state index in [1.165, 1.54) is 14.0 Å². The molecule has 2 heterocycles. The van der Waals surface area contributed by atoms with Gasteiger partial charge in [0, 0.05) is 11.9 Å². The van der Waals surface area contributed by atoms with Crippen molar-refractivity contribution in [3.8, 4) is 0 Å². The van der Waals surface area contributed by atoms with Gasteiger partial charge in [-0.1, -0.05) is 6.58 Å². The van der Waals surface area contributed by atoms with Gasteiger partial charge in [0.05, 0.1) is 5.40 Å². The van der Waals surface area contributed by atoms with Crippen molar-refractivity contribution >= 4 is 29.6 Å². The van der Waals surface area contributed by atoms with Crippen molar-refractivity contribution in [1.29, 1.82) is 0 Å².